The van der Waals surface area contributed by atoms with Crippen molar-refractivity contribution >= 4 is 47.4 Å². The molecular weight excluding hydrogens is 495 g/mol. The van der Waals surface area contributed by atoms with Crippen LogP contribution < -0.4 is 10.6 Å². The first kappa shape index (κ1) is 22.4. The number of aliphatic imine (C=N–C) groups is 1. The van der Waals surface area contributed by atoms with Gasteiger partial charge in [0.1, 0.15) is 6.54 Å². The quantitative estimate of drug-likeness (QED) is 0.347. The number of hydrogen-bond donors (Lipinski definition) is 2. The number of carbonyl (C=O) groups excluding carboxylic acids is 1. The van der Waals surface area contributed by atoms with Crippen molar-refractivity contribution in [2.75, 3.05) is 26.2 Å². The number of nitrogens with zero attached hydrogens (tertiary/aromatic N) is 4. The third-order valence-corrected chi connectivity index (χ3v) is 4.37. The molecule has 1 aliphatic rings. The van der Waals surface area contributed by atoms with Gasteiger partial charge in [-0.2, -0.15) is 4.98 Å². The first-order valence-corrected chi connectivity index (χ1v) is 9.42. The molecule has 10 heteroatoms. The van der Waals surface area contributed by atoms with E-state index in [1.807, 2.05) is 24.0 Å². The van der Waals surface area contributed by atoms with Crippen LogP contribution in [-0.2, 0) is 11.3 Å². The average Bonchev–Trinajstić information content (AvgIpc) is 3.36. The molecule has 0 spiro atoms. The lowest BCUT2D eigenvalue weighted by Crippen LogP contribution is -2.38. The number of benzene rings is 1. The Balaban J connectivity index is 0.00000280. The van der Waals surface area contributed by atoms with Crippen LogP contribution in [0.5, 0.6) is 0 Å². The van der Waals surface area contributed by atoms with Crippen molar-refractivity contribution < 1.29 is 9.32 Å². The lowest BCUT2D eigenvalue weighted by molar-refractivity contribution is -0.128. The monoisotopic (exact) mass is 518 g/mol. The molecule has 3 rings (SSSR count). The topological polar surface area (TPSA) is 95.7 Å². The van der Waals surface area contributed by atoms with Crippen LogP contribution >= 0.6 is 35.6 Å². The van der Waals surface area contributed by atoms with E-state index in [1.54, 1.807) is 12.1 Å². The normalized spacial score (nSPS) is 13.9. The molecule has 28 heavy (non-hydrogen) atoms. The van der Waals surface area contributed by atoms with E-state index in [9.17, 15) is 4.79 Å². The lowest BCUT2D eigenvalue weighted by Gasteiger charge is -2.14. The second-order valence-corrected chi connectivity index (χ2v) is 6.60. The Bertz CT molecular complexity index is 807. The molecule has 0 bridgehead atoms. The zero-order valence-electron chi connectivity index (χ0n) is 15.7. The fourth-order valence-corrected chi connectivity index (χ4v) is 2.98. The summed E-state index contributed by atoms with van der Waals surface area (Å²) in [6.45, 7) is 4.72. The summed E-state index contributed by atoms with van der Waals surface area (Å²) < 4.78 is 5.27. The van der Waals surface area contributed by atoms with Crippen molar-refractivity contribution in [2.45, 2.75) is 26.3 Å². The van der Waals surface area contributed by atoms with Gasteiger partial charge in [0.05, 0.1) is 6.54 Å². The Labute approximate surface area is 186 Å². The molecular formula is C18H24ClIN6O2. The van der Waals surface area contributed by atoms with E-state index in [4.69, 9.17) is 16.1 Å². The number of rotatable bonds is 6. The number of likely N-dealkylation sites (tertiary alicyclic amines) is 1. The summed E-state index contributed by atoms with van der Waals surface area (Å²) in [5.74, 6) is 1.47. The standard InChI is InChI=1S/C18H23ClN6O2.HI/c1-2-20-18(22-12-16(26)25-8-3-4-9-25)21-11-15-23-17(24-27-15)13-6-5-7-14(19)10-13;/h5-7,10H,2-4,8-9,11-12H2,1H3,(H2,20,21,22);1H. The Morgan fingerprint density at radius 2 is 2.11 bits per heavy atom. The molecule has 2 N–H and O–H groups in total. The molecule has 1 aromatic heterocycles. The highest BCUT2D eigenvalue weighted by Gasteiger charge is 2.17. The van der Waals surface area contributed by atoms with Gasteiger partial charge >= 0.3 is 0 Å². The first-order chi connectivity index (χ1) is 13.2. The van der Waals surface area contributed by atoms with Crippen molar-refractivity contribution in [3.63, 3.8) is 0 Å². The Morgan fingerprint density at radius 1 is 1.32 bits per heavy atom. The maximum atomic E-state index is 12.1. The van der Waals surface area contributed by atoms with Crippen LogP contribution in [0.1, 0.15) is 25.7 Å². The highest BCUT2D eigenvalue weighted by atomic mass is 127. The molecule has 1 fully saturated rings. The second kappa shape index (κ2) is 11.2. The van der Waals surface area contributed by atoms with Gasteiger partial charge in [-0.25, -0.2) is 4.99 Å². The van der Waals surface area contributed by atoms with Crippen LogP contribution in [0, 0.1) is 0 Å². The molecule has 1 amide bonds. The minimum atomic E-state index is 0. The number of carbonyl (C=O) groups is 1. The average molecular weight is 519 g/mol. The second-order valence-electron chi connectivity index (χ2n) is 6.16. The predicted octanol–water partition coefficient (Wildman–Crippen LogP) is 2.69. The number of hydrogen-bond acceptors (Lipinski definition) is 5. The Kier molecular flexibility index (Phi) is 8.97. The SMILES string of the molecule is CCNC(=NCC(=O)N1CCCC1)NCc1nc(-c2cccc(Cl)c2)no1.I. The van der Waals surface area contributed by atoms with Gasteiger partial charge < -0.3 is 20.1 Å². The van der Waals surface area contributed by atoms with Gasteiger partial charge in [-0.15, -0.1) is 24.0 Å². The van der Waals surface area contributed by atoms with Crippen LogP contribution in [0.2, 0.25) is 5.02 Å². The molecule has 2 heterocycles. The van der Waals surface area contributed by atoms with Crippen LogP contribution in [0.3, 0.4) is 0 Å². The van der Waals surface area contributed by atoms with E-state index in [-0.39, 0.29) is 36.4 Å². The molecule has 0 unspecified atom stereocenters. The van der Waals surface area contributed by atoms with E-state index in [2.05, 4.69) is 25.8 Å². The van der Waals surface area contributed by atoms with Gasteiger partial charge in [0, 0.05) is 30.2 Å². The van der Waals surface area contributed by atoms with E-state index >= 15 is 0 Å². The first-order valence-electron chi connectivity index (χ1n) is 9.04. The molecule has 0 radical (unpaired) electrons. The van der Waals surface area contributed by atoms with Crippen molar-refractivity contribution in [1.29, 1.82) is 0 Å². The third kappa shape index (κ3) is 6.33. The number of amides is 1. The molecule has 0 aliphatic carbocycles. The molecule has 1 aliphatic heterocycles. The lowest BCUT2D eigenvalue weighted by atomic mass is 10.2. The molecule has 152 valence electrons. The molecule has 0 saturated carbocycles. The molecule has 0 atom stereocenters. The minimum absolute atomic E-state index is 0. The van der Waals surface area contributed by atoms with Crippen molar-refractivity contribution in [3.8, 4) is 11.4 Å². The van der Waals surface area contributed by atoms with Gasteiger partial charge in [0.15, 0.2) is 5.96 Å². The number of nitrogens with one attached hydrogen (secondary N) is 2. The summed E-state index contributed by atoms with van der Waals surface area (Å²) in [5.41, 5.74) is 0.786. The van der Waals surface area contributed by atoms with Gasteiger partial charge in [0.2, 0.25) is 17.6 Å². The van der Waals surface area contributed by atoms with E-state index in [1.165, 1.54) is 0 Å². The van der Waals surface area contributed by atoms with Crippen LogP contribution in [-0.4, -0.2) is 53.1 Å². The van der Waals surface area contributed by atoms with Crippen LogP contribution in [0.25, 0.3) is 11.4 Å². The zero-order valence-corrected chi connectivity index (χ0v) is 18.7. The Hall–Kier alpha value is -1.88. The summed E-state index contributed by atoms with van der Waals surface area (Å²) in [6, 6.07) is 7.26. The summed E-state index contributed by atoms with van der Waals surface area (Å²) in [5, 5.41) is 10.8. The maximum absolute atomic E-state index is 12.1. The van der Waals surface area contributed by atoms with Gasteiger partial charge in [-0.05, 0) is 31.9 Å². The third-order valence-electron chi connectivity index (χ3n) is 4.13. The summed E-state index contributed by atoms with van der Waals surface area (Å²) in [7, 11) is 0. The van der Waals surface area contributed by atoms with Crippen molar-refractivity contribution in [2.24, 2.45) is 4.99 Å². The minimum Gasteiger partial charge on any atom is -0.357 e. The van der Waals surface area contributed by atoms with Gasteiger partial charge in [0.25, 0.3) is 0 Å². The Morgan fingerprint density at radius 3 is 2.82 bits per heavy atom. The largest absolute Gasteiger partial charge is 0.357 e. The highest BCUT2D eigenvalue weighted by molar-refractivity contribution is 14.0. The van der Waals surface area contributed by atoms with Crippen LogP contribution in [0.4, 0.5) is 0 Å². The highest BCUT2D eigenvalue weighted by Crippen LogP contribution is 2.19. The molecule has 1 saturated heterocycles. The van der Waals surface area contributed by atoms with Crippen molar-refractivity contribution in [3.05, 3.63) is 35.2 Å². The number of aromatic nitrogens is 2. The van der Waals surface area contributed by atoms with Gasteiger partial charge in [-0.3, -0.25) is 4.79 Å². The van der Waals surface area contributed by atoms with Gasteiger partial charge in [-0.1, -0.05) is 28.9 Å². The van der Waals surface area contributed by atoms with Crippen molar-refractivity contribution in [1.82, 2.24) is 25.7 Å². The summed E-state index contributed by atoms with van der Waals surface area (Å²) >= 11 is 5.99. The van der Waals surface area contributed by atoms with E-state index in [0.717, 1.165) is 31.5 Å². The van der Waals surface area contributed by atoms with Crippen LogP contribution in [0.15, 0.2) is 33.8 Å². The zero-order chi connectivity index (χ0) is 19.1. The smallest absolute Gasteiger partial charge is 0.246 e. The predicted molar refractivity (Wildman–Crippen MR) is 119 cm³/mol. The number of halogens is 2. The fraction of sp³-hybridized carbons (Fsp3) is 0.444. The van der Waals surface area contributed by atoms with E-state index < -0.39 is 0 Å². The maximum Gasteiger partial charge on any atom is 0.246 e. The summed E-state index contributed by atoms with van der Waals surface area (Å²) in [6.07, 6.45) is 2.14. The molecule has 1 aromatic carbocycles. The number of guanidine groups is 1. The molecule has 2 aromatic rings. The summed E-state index contributed by atoms with van der Waals surface area (Å²) in [4.78, 5) is 22.7. The van der Waals surface area contributed by atoms with E-state index in [0.29, 0.717) is 35.8 Å². The fourth-order valence-electron chi connectivity index (χ4n) is 2.79. The molecule has 8 nitrogen and oxygen atoms in total.